The Morgan fingerprint density at radius 3 is 2.55 bits per heavy atom. The van der Waals surface area contributed by atoms with Crippen LogP contribution in [0.3, 0.4) is 0 Å². The van der Waals surface area contributed by atoms with Crippen molar-refractivity contribution in [3.8, 4) is 6.07 Å². The summed E-state index contributed by atoms with van der Waals surface area (Å²) < 4.78 is 0. The molecule has 7 atom stereocenters. The van der Waals surface area contributed by atoms with Gasteiger partial charge >= 0.3 is 0 Å². The molecule has 0 aromatic rings. The van der Waals surface area contributed by atoms with Gasteiger partial charge in [0.25, 0.3) is 0 Å². The molecule has 0 unspecified atom stereocenters. The Balaban J connectivity index is 1.58. The van der Waals surface area contributed by atoms with E-state index in [1.807, 2.05) is 0 Å². The van der Waals surface area contributed by atoms with E-state index in [0.29, 0.717) is 11.3 Å². The molecule has 1 heteroatoms. The predicted octanol–water partition coefficient (Wildman–Crippen LogP) is 5.17. The quantitative estimate of drug-likeness (QED) is 0.596. The number of hydrogen-bond acceptors (Lipinski definition) is 1. The van der Waals surface area contributed by atoms with E-state index < -0.39 is 0 Å². The molecule has 0 radical (unpaired) electrons. The topological polar surface area (TPSA) is 23.8 Å². The van der Waals surface area contributed by atoms with Crippen molar-refractivity contribution in [2.45, 2.75) is 71.1 Å². The SMILES string of the molecule is C[C@]12C[C@H]3CC[C@@H]4CCCC[C@H]4[C@@H]3C[C@@H]1CC[C@@H]2C#N. The van der Waals surface area contributed by atoms with Gasteiger partial charge in [-0.3, -0.25) is 0 Å². The van der Waals surface area contributed by atoms with Crippen LogP contribution >= 0.6 is 0 Å². The normalized spacial score (nSPS) is 54.4. The fourth-order valence-corrected chi connectivity index (χ4v) is 6.88. The molecule has 0 amide bonds. The summed E-state index contributed by atoms with van der Waals surface area (Å²) in [6.07, 6.45) is 14.4. The number of rotatable bonds is 0. The Hall–Kier alpha value is -0.510. The second-order valence-electron chi connectivity index (χ2n) is 8.61. The molecular formula is C19H29N. The molecule has 1 nitrogen and oxygen atoms in total. The summed E-state index contributed by atoms with van der Waals surface area (Å²) in [4.78, 5) is 0. The van der Waals surface area contributed by atoms with Crippen molar-refractivity contribution in [2.24, 2.45) is 40.9 Å². The van der Waals surface area contributed by atoms with E-state index in [-0.39, 0.29) is 0 Å². The van der Waals surface area contributed by atoms with Crippen LogP contribution in [0.2, 0.25) is 0 Å². The minimum atomic E-state index is 0.359. The summed E-state index contributed by atoms with van der Waals surface area (Å²) in [5, 5.41) is 9.50. The fourth-order valence-electron chi connectivity index (χ4n) is 6.88. The van der Waals surface area contributed by atoms with Gasteiger partial charge in [-0.05, 0) is 80.0 Å². The number of nitriles is 1. The van der Waals surface area contributed by atoms with Crippen LogP contribution in [0, 0.1) is 52.3 Å². The van der Waals surface area contributed by atoms with Crippen LogP contribution in [0.25, 0.3) is 0 Å². The average Bonchev–Trinajstić information content (AvgIpc) is 2.80. The minimum Gasteiger partial charge on any atom is -0.198 e. The molecule has 0 saturated heterocycles. The molecule has 0 aliphatic heterocycles. The number of hydrogen-bond donors (Lipinski definition) is 0. The zero-order chi connectivity index (χ0) is 13.7. The molecular weight excluding hydrogens is 242 g/mol. The van der Waals surface area contributed by atoms with E-state index in [0.717, 1.165) is 29.6 Å². The first-order valence-electron chi connectivity index (χ1n) is 9.12. The molecule has 4 aliphatic rings. The Morgan fingerprint density at radius 1 is 0.900 bits per heavy atom. The molecule has 0 bridgehead atoms. The monoisotopic (exact) mass is 271 g/mol. The molecule has 0 heterocycles. The van der Waals surface area contributed by atoms with Crippen molar-refractivity contribution in [3.63, 3.8) is 0 Å². The van der Waals surface area contributed by atoms with Gasteiger partial charge in [0.2, 0.25) is 0 Å². The molecule has 0 aromatic carbocycles. The summed E-state index contributed by atoms with van der Waals surface area (Å²) >= 11 is 0. The maximum atomic E-state index is 9.50. The van der Waals surface area contributed by atoms with E-state index >= 15 is 0 Å². The predicted molar refractivity (Wildman–Crippen MR) is 80.8 cm³/mol. The van der Waals surface area contributed by atoms with Crippen LogP contribution in [0.1, 0.15) is 71.1 Å². The van der Waals surface area contributed by atoms with Crippen molar-refractivity contribution in [1.82, 2.24) is 0 Å². The Labute approximate surface area is 124 Å². The second kappa shape index (κ2) is 4.75. The van der Waals surface area contributed by atoms with Gasteiger partial charge in [0, 0.05) is 0 Å². The Bertz CT molecular complexity index is 422. The van der Waals surface area contributed by atoms with Crippen molar-refractivity contribution in [1.29, 1.82) is 5.26 Å². The molecule has 4 fully saturated rings. The summed E-state index contributed by atoms with van der Waals surface area (Å²) in [5.74, 6) is 5.36. The van der Waals surface area contributed by atoms with E-state index in [9.17, 15) is 5.26 Å². The van der Waals surface area contributed by atoms with Crippen LogP contribution in [-0.4, -0.2) is 0 Å². The lowest BCUT2D eigenvalue weighted by Gasteiger charge is -2.54. The zero-order valence-corrected chi connectivity index (χ0v) is 13.0. The first kappa shape index (κ1) is 13.2. The Kier molecular flexibility index (Phi) is 3.13. The van der Waals surface area contributed by atoms with Gasteiger partial charge in [0.05, 0.1) is 12.0 Å². The van der Waals surface area contributed by atoms with Gasteiger partial charge in [0.1, 0.15) is 0 Å². The average molecular weight is 271 g/mol. The largest absolute Gasteiger partial charge is 0.198 e. The third kappa shape index (κ3) is 1.79. The van der Waals surface area contributed by atoms with Crippen LogP contribution in [0.15, 0.2) is 0 Å². The smallest absolute Gasteiger partial charge is 0.0661 e. The van der Waals surface area contributed by atoms with Crippen molar-refractivity contribution in [2.75, 3.05) is 0 Å². The van der Waals surface area contributed by atoms with E-state index in [1.54, 1.807) is 0 Å². The van der Waals surface area contributed by atoms with E-state index in [1.165, 1.54) is 64.2 Å². The van der Waals surface area contributed by atoms with Crippen LogP contribution < -0.4 is 0 Å². The highest BCUT2D eigenvalue weighted by atomic mass is 14.6. The van der Waals surface area contributed by atoms with Gasteiger partial charge in [-0.25, -0.2) is 0 Å². The first-order valence-corrected chi connectivity index (χ1v) is 9.12. The highest BCUT2D eigenvalue weighted by Gasteiger charge is 2.55. The third-order valence-corrected chi connectivity index (χ3v) is 7.98. The van der Waals surface area contributed by atoms with Gasteiger partial charge in [-0.1, -0.05) is 26.2 Å². The van der Waals surface area contributed by atoms with Gasteiger partial charge in [0.15, 0.2) is 0 Å². The summed E-state index contributed by atoms with van der Waals surface area (Å²) in [6.45, 7) is 2.46. The second-order valence-corrected chi connectivity index (χ2v) is 8.61. The lowest BCUT2D eigenvalue weighted by molar-refractivity contribution is -0.0443. The highest BCUT2D eigenvalue weighted by Crippen LogP contribution is 2.63. The van der Waals surface area contributed by atoms with E-state index in [2.05, 4.69) is 13.0 Å². The van der Waals surface area contributed by atoms with Crippen LogP contribution in [0.5, 0.6) is 0 Å². The van der Waals surface area contributed by atoms with Crippen molar-refractivity contribution >= 4 is 0 Å². The third-order valence-electron chi connectivity index (χ3n) is 7.98. The minimum absolute atomic E-state index is 0.359. The number of nitrogens with zero attached hydrogens (tertiary/aromatic N) is 1. The van der Waals surface area contributed by atoms with Gasteiger partial charge < -0.3 is 0 Å². The van der Waals surface area contributed by atoms with Gasteiger partial charge in [-0.2, -0.15) is 5.26 Å². The molecule has 4 aliphatic carbocycles. The van der Waals surface area contributed by atoms with Crippen LogP contribution in [-0.2, 0) is 0 Å². The van der Waals surface area contributed by atoms with Crippen LogP contribution in [0.4, 0.5) is 0 Å². The fraction of sp³-hybridized carbons (Fsp3) is 0.947. The molecule has 4 rings (SSSR count). The van der Waals surface area contributed by atoms with E-state index in [4.69, 9.17) is 0 Å². The molecule has 0 aromatic heterocycles. The molecule has 0 spiro atoms. The molecule has 4 saturated carbocycles. The first-order chi connectivity index (χ1) is 9.72. The zero-order valence-electron chi connectivity index (χ0n) is 13.0. The maximum absolute atomic E-state index is 9.50. The van der Waals surface area contributed by atoms with Gasteiger partial charge in [-0.15, -0.1) is 0 Å². The number of fused-ring (bicyclic) bond motifs is 4. The standard InChI is InChI=1S/C19H29N/c1-19-11-14-7-6-13-4-2-3-5-17(13)18(14)10-15(19)8-9-16(19)12-20/h13-18H,2-11H2,1H3/t13-,14+,15-,16+,17+,18+,19-/m0/s1. The maximum Gasteiger partial charge on any atom is 0.0661 e. The molecule has 110 valence electrons. The summed E-state index contributed by atoms with van der Waals surface area (Å²) in [5.41, 5.74) is 0.372. The Morgan fingerprint density at radius 2 is 1.70 bits per heavy atom. The molecule has 20 heavy (non-hydrogen) atoms. The highest BCUT2D eigenvalue weighted by molar-refractivity contribution is 5.09. The lowest BCUT2D eigenvalue weighted by Crippen LogP contribution is -2.46. The molecule has 0 N–H and O–H groups in total. The lowest BCUT2D eigenvalue weighted by atomic mass is 9.51. The summed E-state index contributed by atoms with van der Waals surface area (Å²) in [6, 6.07) is 2.66. The van der Waals surface area contributed by atoms with Crippen molar-refractivity contribution in [3.05, 3.63) is 0 Å². The van der Waals surface area contributed by atoms with Crippen molar-refractivity contribution < 1.29 is 0 Å². The summed E-state index contributed by atoms with van der Waals surface area (Å²) in [7, 11) is 0.